The molecule has 14 atom stereocenters. The van der Waals surface area contributed by atoms with Crippen LogP contribution in [0.4, 0.5) is 3.89 Å². The van der Waals surface area contributed by atoms with Gasteiger partial charge in [-0.05, 0) is 112 Å². The highest BCUT2D eigenvalue weighted by atomic mass is 32.3. The zero-order valence-corrected chi connectivity index (χ0v) is 71.5. The highest BCUT2D eigenvalue weighted by molar-refractivity contribution is 7.86. The molecule has 0 saturated carbocycles. The third-order valence-corrected chi connectivity index (χ3v) is 19.9. The van der Waals surface area contributed by atoms with Gasteiger partial charge in [-0.2, -0.15) is 8.42 Å². The minimum Gasteiger partial charge on any atom is -0.481 e. The van der Waals surface area contributed by atoms with Crippen LogP contribution in [0.1, 0.15) is 161 Å². The molecule has 0 aromatic heterocycles. The minimum atomic E-state index is -5.11. The maximum absolute atomic E-state index is 14.8. The first-order chi connectivity index (χ1) is 58.6. The van der Waals surface area contributed by atoms with E-state index >= 15 is 0 Å². The molecule has 0 saturated heterocycles. The van der Waals surface area contributed by atoms with Crippen molar-refractivity contribution in [2.75, 3.05) is 32.7 Å². The Kier molecular flexibility index (Phi) is 47.3. The number of carbonyl (C=O) groups is 18. The lowest BCUT2D eigenvalue weighted by Gasteiger charge is -2.29. The number of guanidine groups is 3. The fourth-order valence-corrected chi connectivity index (χ4v) is 12.4. The Hall–Kier alpha value is -13.4. The number of hydrogen-bond acceptors (Lipinski definition) is 23. The standard InChI is InChI=1S/C76H120FN25O22S/c1-9-39(5)59(72(121)90-37-56(105)93-53(35-58(108)109)70(119)97-47(20-15-31-87-75(82)83)65(114)99-51(61(79)110)34-43-17-12-11-13-18-43)101-68(117)48(21-16-32-88-76(84)85)95-64(113)46(19-14-30-86-74(80)81)96-69(118)52(33-38(3)4)100-67(116)49(26-28-55(78)104)98-66(115)50(27-29-57(106)107)94-62(111)41(7)91-73(122)60(40(6)10-2)102-71(120)54(92-42(8)103)36-89-63(112)44-22-24-45(25-23-44)125(77,123)124/h11-13,17-18,22-25,38-41,46-54,59-60H,9-10,14-16,19-21,26-37H2,1-8H3,(H2,78,104)(H2,79,110)(H,89,112)(H,90,121)(H,91,122)(H,92,103)(H,93,105)(H,94,111)(H,95,113)(H,96,118)(H,97,119)(H,98,115)(H,99,114)(H,100,116)(H,101,117)(H,102,120)(H,106,107)(H,108,109)(H4,80,81,86)(H4,82,83,87)(H4,84,85,88)/t39-,40-,41-,46-,47-,48-,49-,50-,51-,52-,53-,54-,59-,60-/m0/s1. The summed E-state index contributed by atoms with van der Waals surface area (Å²) < 4.78 is 36.1. The van der Waals surface area contributed by atoms with E-state index in [0.717, 1.165) is 38.1 Å². The molecule has 32 N–H and O–H groups in total. The molecule has 0 unspecified atom stereocenters. The Morgan fingerprint density at radius 1 is 0.424 bits per heavy atom. The molecular formula is C76H120FN25O22S. The van der Waals surface area contributed by atoms with Crippen LogP contribution in [0.3, 0.4) is 0 Å². The lowest BCUT2D eigenvalue weighted by Crippen LogP contribution is -2.61. The second-order valence-corrected chi connectivity index (χ2v) is 31.2. The second kappa shape index (κ2) is 54.9. The highest BCUT2D eigenvalue weighted by Crippen LogP contribution is 2.17. The van der Waals surface area contributed by atoms with Gasteiger partial charge in [0.15, 0.2) is 17.9 Å². The van der Waals surface area contributed by atoms with Crippen molar-refractivity contribution in [2.45, 2.75) is 229 Å². The lowest BCUT2D eigenvalue weighted by molar-refractivity contribution is -0.141. The fourth-order valence-electron chi connectivity index (χ4n) is 11.9. The molecule has 2 aromatic rings. The van der Waals surface area contributed by atoms with Gasteiger partial charge in [0, 0.05) is 57.9 Å². The number of primary amides is 2. The molecule has 0 heterocycles. The number of nitrogens with one attached hydrogen (secondary N) is 20. The maximum Gasteiger partial charge on any atom is 0.332 e. The van der Waals surface area contributed by atoms with E-state index in [1.54, 1.807) is 71.9 Å². The van der Waals surface area contributed by atoms with Gasteiger partial charge in [-0.1, -0.05) is 84.7 Å². The van der Waals surface area contributed by atoms with Gasteiger partial charge in [0.1, 0.15) is 72.5 Å². The number of carboxylic acids is 2. The summed E-state index contributed by atoms with van der Waals surface area (Å²) in [4.78, 5) is 244. The van der Waals surface area contributed by atoms with Crippen molar-refractivity contribution in [2.24, 2.45) is 46.4 Å². The van der Waals surface area contributed by atoms with Crippen molar-refractivity contribution in [3.05, 3.63) is 65.7 Å². The van der Waals surface area contributed by atoms with Crippen molar-refractivity contribution in [1.29, 1.82) is 16.2 Å². The average Bonchev–Trinajstić information content (AvgIpc) is 0.958. The van der Waals surface area contributed by atoms with Crippen LogP contribution in [0.25, 0.3) is 0 Å². The van der Waals surface area contributed by atoms with Gasteiger partial charge in [0.05, 0.1) is 17.9 Å². The van der Waals surface area contributed by atoms with Crippen LogP contribution >= 0.6 is 0 Å². The Labute approximate surface area is 721 Å². The Morgan fingerprint density at radius 3 is 1.23 bits per heavy atom. The highest BCUT2D eigenvalue weighted by Gasteiger charge is 2.39. The second-order valence-electron chi connectivity index (χ2n) is 29.9. The SMILES string of the molecule is CC[C@H](C)[C@H](NC(=O)[C@H](CCCNC(=N)N)NC(=O)[C@H](CCCNC(=N)N)NC(=O)[C@H](CC(C)C)NC(=O)[C@H](CCC(N)=O)NC(=O)[C@H](CCC(=O)O)NC(=O)[C@H](C)NC(=O)[C@@H](NC(=O)[C@H](CNC(=O)c1ccc(S(=O)(=O)F)cc1)NC(C)=O)[C@@H](C)CC)C(=O)NCC(=O)N[C@@H](CC(=O)O)C(=O)N[C@@H](CCCNC(=N)N)C(=O)N[C@@H](Cc1ccccc1)C(N)=O. The third-order valence-electron chi connectivity index (χ3n) is 19.1. The Bertz CT molecular complexity index is 4250. The van der Waals surface area contributed by atoms with E-state index in [4.69, 9.17) is 44.9 Å². The smallest absolute Gasteiger partial charge is 0.332 e. The van der Waals surface area contributed by atoms with Crippen LogP contribution in [-0.2, 0) is 98.2 Å². The average molecular weight is 1790 g/mol. The first-order valence-corrected chi connectivity index (χ1v) is 41.5. The largest absolute Gasteiger partial charge is 0.481 e. The minimum absolute atomic E-state index is 0.0144. The zero-order valence-electron chi connectivity index (χ0n) is 70.7. The van der Waals surface area contributed by atoms with Crippen LogP contribution < -0.4 is 119 Å². The van der Waals surface area contributed by atoms with E-state index in [1.165, 1.54) is 0 Å². The van der Waals surface area contributed by atoms with Crippen molar-refractivity contribution in [3.8, 4) is 0 Å². The molecule has 694 valence electrons. The summed E-state index contributed by atoms with van der Waals surface area (Å²) in [5.41, 5.74) is 28.0. The van der Waals surface area contributed by atoms with Crippen LogP contribution in [0, 0.1) is 34.0 Å². The van der Waals surface area contributed by atoms with E-state index in [2.05, 4.69) is 90.4 Å². The van der Waals surface area contributed by atoms with Gasteiger partial charge in [0.2, 0.25) is 88.6 Å². The predicted molar refractivity (Wildman–Crippen MR) is 447 cm³/mol. The normalized spacial score (nSPS) is 14.4. The summed E-state index contributed by atoms with van der Waals surface area (Å²) in [7, 11) is -5.11. The molecule has 2 aromatic carbocycles. The molecule has 125 heavy (non-hydrogen) atoms. The first kappa shape index (κ1) is 108. The molecule has 47 nitrogen and oxygen atoms in total. The van der Waals surface area contributed by atoms with Crippen LogP contribution in [0.5, 0.6) is 0 Å². The molecule has 16 amide bonds. The molecule has 0 aliphatic heterocycles. The summed E-state index contributed by atoms with van der Waals surface area (Å²) >= 11 is 0. The molecule has 2 rings (SSSR count). The molecule has 0 aliphatic carbocycles. The number of benzene rings is 2. The van der Waals surface area contributed by atoms with Gasteiger partial charge >= 0.3 is 22.2 Å². The molecule has 0 aliphatic rings. The van der Waals surface area contributed by atoms with Gasteiger partial charge in [-0.15, -0.1) is 3.89 Å². The molecular weight excluding hydrogens is 1670 g/mol. The van der Waals surface area contributed by atoms with Crippen molar-refractivity contribution >= 4 is 135 Å². The lowest BCUT2D eigenvalue weighted by atomic mass is 9.97. The predicted octanol–water partition coefficient (Wildman–Crippen LogP) is -6.69. The van der Waals surface area contributed by atoms with Crippen molar-refractivity contribution < 1.29 is 109 Å². The van der Waals surface area contributed by atoms with Gasteiger partial charge in [0.25, 0.3) is 5.91 Å². The first-order valence-electron chi connectivity index (χ1n) is 40.1. The number of hydrogen-bond donors (Lipinski definition) is 27. The van der Waals surface area contributed by atoms with E-state index in [-0.39, 0.29) is 89.4 Å². The van der Waals surface area contributed by atoms with Crippen molar-refractivity contribution in [3.63, 3.8) is 0 Å². The summed E-state index contributed by atoms with van der Waals surface area (Å²) in [5.74, 6) is -22.9. The quantitative estimate of drug-likeness (QED) is 0.0127. The summed E-state index contributed by atoms with van der Waals surface area (Å²) in [5, 5.41) is 84.0. The van der Waals surface area contributed by atoms with Crippen LogP contribution in [-0.4, -0.2) is 248 Å². The van der Waals surface area contributed by atoms with E-state index < -0.39 is 275 Å². The number of halogens is 1. The topological polar surface area (TPSA) is 788 Å². The van der Waals surface area contributed by atoms with E-state index in [1.807, 2.05) is 0 Å². The zero-order chi connectivity index (χ0) is 94.5. The number of aliphatic carboxylic acids is 2. The van der Waals surface area contributed by atoms with E-state index in [9.17, 15) is 109 Å². The Balaban J connectivity index is 2.51. The van der Waals surface area contributed by atoms with Gasteiger partial charge in [-0.25, -0.2) is 0 Å². The van der Waals surface area contributed by atoms with Gasteiger partial charge < -0.3 is 129 Å². The molecule has 0 spiro atoms. The van der Waals surface area contributed by atoms with Crippen molar-refractivity contribution in [1.82, 2.24) is 90.4 Å². The molecule has 0 fully saturated rings. The number of carbonyl (C=O) groups excluding carboxylic acids is 16. The molecule has 0 bridgehead atoms. The molecule has 0 radical (unpaired) electrons. The van der Waals surface area contributed by atoms with E-state index in [0.29, 0.717) is 5.56 Å². The summed E-state index contributed by atoms with van der Waals surface area (Å²) in [6, 6.07) is -7.32. The number of carboxylic acid groups (broad SMARTS) is 2. The summed E-state index contributed by atoms with van der Waals surface area (Å²) in [6.45, 7) is 10.2. The van der Waals surface area contributed by atoms with Crippen LogP contribution in [0.15, 0.2) is 59.5 Å². The maximum atomic E-state index is 14.8. The number of amides is 16. The molecule has 49 heteroatoms. The number of nitrogens with two attached hydrogens (primary N) is 5. The Morgan fingerprint density at radius 2 is 0.824 bits per heavy atom. The van der Waals surface area contributed by atoms with Gasteiger partial charge in [-0.3, -0.25) is 103 Å². The monoisotopic (exact) mass is 1790 g/mol. The number of rotatable bonds is 58. The summed E-state index contributed by atoms with van der Waals surface area (Å²) in [6.07, 6.45) is -4.33. The third kappa shape index (κ3) is 42.3. The fraction of sp³-hybridized carbons (Fsp3) is 0.566. The van der Waals surface area contributed by atoms with Crippen LogP contribution in [0.2, 0.25) is 0 Å².